The van der Waals surface area contributed by atoms with Crippen LogP contribution >= 0.6 is 0 Å². The Morgan fingerprint density at radius 3 is 2.86 bits per heavy atom. The van der Waals surface area contributed by atoms with Crippen LogP contribution < -0.4 is 10.6 Å². The summed E-state index contributed by atoms with van der Waals surface area (Å²) in [5, 5.41) is 6.46. The molecule has 1 aromatic heterocycles. The topological polar surface area (TPSA) is 76.1 Å². The van der Waals surface area contributed by atoms with Gasteiger partial charge < -0.3 is 15.4 Å². The highest BCUT2D eigenvalue weighted by Gasteiger charge is 2.21. The van der Waals surface area contributed by atoms with Gasteiger partial charge in [0.2, 0.25) is 0 Å². The molecule has 2 N–H and O–H groups in total. The van der Waals surface area contributed by atoms with Crippen LogP contribution in [-0.2, 0) is 4.74 Å². The van der Waals surface area contributed by atoms with E-state index in [9.17, 15) is 4.79 Å². The lowest BCUT2D eigenvalue weighted by Crippen LogP contribution is -2.39. The zero-order valence-electron chi connectivity index (χ0n) is 13.1. The molecule has 6 nitrogen and oxygen atoms in total. The lowest BCUT2D eigenvalue weighted by atomic mass is 9.95. The maximum Gasteiger partial charge on any atom is 0.270 e. The molecule has 2 fully saturated rings. The van der Waals surface area contributed by atoms with Gasteiger partial charge in [-0.1, -0.05) is 0 Å². The van der Waals surface area contributed by atoms with Crippen LogP contribution in [0.25, 0.3) is 0 Å². The smallest absolute Gasteiger partial charge is 0.270 e. The van der Waals surface area contributed by atoms with Crippen LogP contribution in [0.5, 0.6) is 0 Å². The van der Waals surface area contributed by atoms with E-state index in [1.807, 2.05) is 13.0 Å². The lowest BCUT2D eigenvalue weighted by molar-refractivity contribution is 0.0694. The van der Waals surface area contributed by atoms with E-state index in [0.717, 1.165) is 44.5 Å². The number of nitrogens with zero attached hydrogens (tertiary/aromatic N) is 2. The van der Waals surface area contributed by atoms with Gasteiger partial charge in [-0.05, 0) is 45.2 Å². The first-order chi connectivity index (χ1) is 10.7. The molecular weight excluding hydrogens is 280 g/mol. The van der Waals surface area contributed by atoms with Gasteiger partial charge in [0.1, 0.15) is 11.5 Å². The summed E-state index contributed by atoms with van der Waals surface area (Å²) in [6.07, 6.45) is 4.01. The maximum absolute atomic E-state index is 12.4. The van der Waals surface area contributed by atoms with Crippen molar-refractivity contribution in [2.24, 2.45) is 0 Å². The number of hydrogen-bond donors (Lipinski definition) is 2. The Labute approximate surface area is 131 Å². The van der Waals surface area contributed by atoms with Crippen molar-refractivity contribution in [3.05, 3.63) is 23.3 Å². The summed E-state index contributed by atoms with van der Waals surface area (Å²) >= 11 is 0. The van der Waals surface area contributed by atoms with Gasteiger partial charge in [-0.2, -0.15) is 0 Å². The minimum absolute atomic E-state index is 0.0950. The molecule has 0 unspecified atom stereocenters. The molecule has 6 heteroatoms. The number of amides is 1. The lowest BCUT2D eigenvalue weighted by Gasteiger charge is -2.24. The van der Waals surface area contributed by atoms with Crippen LogP contribution in [0, 0.1) is 6.92 Å². The van der Waals surface area contributed by atoms with Gasteiger partial charge in [-0.15, -0.1) is 0 Å². The molecule has 2 saturated heterocycles. The van der Waals surface area contributed by atoms with E-state index >= 15 is 0 Å². The van der Waals surface area contributed by atoms with Gasteiger partial charge in [0, 0.05) is 37.4 Å². The van der Waals surface area contributed by atoms with Gasteiger partial charge in [0.25, 0.3) is 5.91 Å². The summed E-state index contributed by atoms with van der Waals surface area (Å²) in [5.74, 6) is 0.952. The van der Waals surface area contributed by atoms with Crippen LogP contribution in [0.2, 0.25) is 0 Å². The van der Waals surface area contributed by atoms with E-state index in [0.29, 0.717) is 30.7 Å². The number of ether oxygens (including phenoxy) is 1. The fourth-order valence-corrected chi connectivity index (χ4v) is 3.12. The molecule has 22 heavy (non-hydrogen) atoms. The zero-order chi connectivity index (χ0) is 15.4. The number of nitrogens with one attached hydrogen (secondary N) is 2. The third kappa shape index (κ3) is 3.81. The van der Waals surface area contributed by atoms with Gasteiger partial charge in [0.05, 0.1) is 0 Å². The Hall–Kier alpha value is -1.53. The second kappa shape index (κ2) is 7.15. The van der Waals surface area contributed by atoms with Gasteiger partial charge in [0.15, 0.2) is 0 Å². The standard InChI is InChI=1S/C16H24N4O2/c1-11-18-14(12-3-2-6-17-10-12)9-15(19-11)16(21)20-13-4-7-22-8-5-13/h9,12-13,17H,2-8,10H2,1H3,(H,20,21)/t12-/m1/s1. The average molecular weight is 304 g/mol. The number of carbonyl (C=O) groups is 1. The van der Waals surface area contributed by atoms with Crippen molar-refractivity contribution in [2.75, 3.05) is 26.3 Å². The second-order valence-corrected chi connectivity index (χ2v) is 6.13. The van der Waals surface area contributed by atoms with Crippen LogP contribution in [0.4, 0.5) is 0 Å². The minimum Gasteiger partial charge on any atom is -0.381 e. The normalized spacial score (nSPS) is 23.2. The monoisotopic (exact) mass is 304 g/mol. The molecule has 2 aliphatic rings. The average Bonchev–Trinajstić information content (AvgIpc) is 2.56. The summed E-state index contributed by atoms with van der Waals surface area (Å²) in [6, 6.07) is 2.05. The Morgan fingerprint density at radius 2 is 2.14 bits per heavy atom. The highest BCUT2D eigenvalue weighted by molar-refractivity contribution is 5.92. The van der Waals surface area contributed by atoms with Crippen LogP contribution in [0.15, 0.2) is 6.07 Å². The van der Waals surface area contributed by atoms with Crippen molar-refractivity contribution in [3.63, 3.8) is 0 Å². The molecule has 1 aromatic rings. The van der Waals surface area contributed by atoms with E-state index in [2.05, 4.69) is 20.6 Å². The molecule has 1 amide bonds. The number of carbonyl (C=O) groups excluding carboxylic acids is 1. The molecule has 0 aromatic carbocycles. The van der Waals surface area contributed by atoms with Crippen molar-refractivity contribution >= 4 is 5.91 Å². The molecule has 3 heterocycles. The number of aryl methyl sites for hydroxylation is 1. The number of hydrogen-bond acceptors (Lipinski definition) is 5. The van der Waals surface area contributed by atoms with E-state index < -0.39 is 0 Å². The third-order valence-electron chi connectivity index (χ3n) is 4.36. The minimum atomic E-state index is -0.0950. The summed E-state index contributed by atoms with van der Waals surface area (Å²) < 4.78 is 5.32. The summed E-state index contributed by atoms with van der Waals surface area (Å²) in [7, 11) is 0. The van der Waals surface area contributed by atoms with E-state index in [1.165, 1.54) is 0 Å². The predicted octanol–water partition coefficient (Wildman–Crippen LogP) is 1.16. The maximum atomic E-state index is 12.4. The molecule has 3 rings (SSSR count). The highest BCUT2D eigenvalue weighted by atomic mass is 16.5. The molecular formula is C16H24N4O2. The Balaban J connectivity index is 1.71. The highest BCUT2D eigenvalue weighted by Crippen LogP contribution is 2.22. The van der Waals surface area contributed by atoms with Crippen molar-refractivity contribution in [1.29, 1.82) is 0 Å². The van der Waals surface area contributed by atoms with E-state index in [1.54, 1.807) is 0 Å². The Morgan fingerprint density at radius 1 is 1.32 bits per heavy atom. The van der Waals surface area contributed by atoms with Gasteiger partial charge in [-0.3, -0.25) is 4.79 Å². The first kappa shape index (κ1) is 15.4. The first-order valence-corrected chi connectivity index (χ1v) is 8.17. The molecule has 0 radical (unpaired) electrons. The molecule has 0 bridgehead atoms. The molecule has 2 aliphatic heterocycles. The van der Waals surface area contributed by atoms with Crippen molar-refractivity contribution in [2.45, 2.75) is 44.6 Å². The Kier molecular flexibility index (Phi) is 5.00. The number of piperidine rings is 1. The van der Waals surface area contributed by atoms with E-state index in [-0.39, 0.29) is 11.9 Å². The molecule has 0 saturated carbocycles. The summed E-state index contributed by atoms with van der Waals surface area (Å²) in [5.41, 5.74) is 1.47. The second-order valence-electron chi connectivity index (χ2n) is 6.13. The first-order valence-electron chi connectivity index (χ1n) is 8.17. The molecule has 1 atom stereocenters. The fourth-order valence-electron chi connectivity index (χ4n) is 3.12. The number of rotatable bonds is 3. The van der Waals surface area contributed by atoms with E-state index in [4.69, 9.17) is 4.74 Å². The van der Waals surface area contributed by atoms with Gasteiger partial charge in [-0.25, -0.2) is 9.97 Å². The summed E-state index contributed by atoms with van der Waals surface area (Å²) in [6.45, 7) is 5.28. The van der Waals surface area contributed by atoms with Crippen molar-refractivity contribution in [1.82, 2.24) is 20.6 Å². The molecule has 0 spiro atoms. The fraction of sp³-hybridized carbons (Fsp3) is 0.688. The van der Waals surface area contributed by atoms with Crippen molar-refractivity contribution in [3.8, 4) is 0 Å². The molecule has 120 valence electrons. The SMILES string of the molecule is Cc1nc(C(=O)NC2CCOCC2)cc([C@@H]2CCCNC2)n1. The Bertz CT molecular complexity index is 523. The zero-order valence-corrected chi connectivity index (χ0v) is 13.1. The molecule has 0 aliphatic carbocycles. The quantitative estimate of drug-likeness (QED) is 0.876. The van der Waals surface area contributed by atoms with Crippen molar-refractivity contribution < 1.29 is 9.53 Å². The predicted molar refractivity (Wildman–Crippen MR) is 82.9 cm³/mol. The third-order valence-corrected chi connectivity index (χ3v) is 4.36. The van der Waals surface area contributed by atoms with Crippen LogP contribution in [0.1, 0.15) is 53.6 Å². The van der Waals surface area contributed by atoms with Crippen LogP contribution in [-0.4, -0.2) is 48.2 Å². The van der Waals surface area contributed by atoms with Crippen LogP contribution in [0.3, 0.4) is 0 Å². The largest absolute Gasteiger partial charge is 0.381 e. The number of aromatic nitrogens is 2. The summed E-state index contributed by atoms with van der Waals surface area (Å²) in [4.78, 5) is 21.3. The van der Waals surface area contributed by atoms with Gasteiger partial charge >= 0.3 is 0 Å².